The molecule has 1 amide bonds. The molecule has 0 saturated carbocycles. The molecule has 1 saturated heterocycles. The van der Waals surface area contributed by atoms with E-state index >= 15 is 0 Å². The highest BCUT2D eigenvalue weighted by atomic mass is 35.5. The van der Waals surface area contributed by atoms with E-state index in [2.05, 4.69) is 10.3 Å². The number of amides is 1. The van der Waals surface area contributed by atoms with Gasteiger partial charge in [-0.25, -0.2) is 8.42 Å². The maximum atomic E-state index is 13.1. The Morgan fingerprint density at radius 1 is 1.31 bits per heavy atom. The molecule has 1 aliphatic heterocycles. The average molecular weight is 438 g/mol. The average Bonchev–Trinajstić information content (AvgIpc) is 2.70. The second-order valence-corrected chi connectivity index (χ2v) is 9.22. The Balaban J connectivity index is 1.67. The molecular weight excluding hydrogens is 414 g/mol. The molecule has 1 aromatic heterocycles. The first-order chi connectivity index (χ1) is 13.8. The van der Waals surface area contributed by atoms with Crippen LogP contribution in [0.1, 0.15) is 31.7 Å². The maximum Gasteiger partial charge on any atom is 0.243 e. The van der Waals surface area contributed by atoms with E-state index in [1.807, 2.05) is 0 Å². The quantitative estimate of drug-likeness (QED) is 0.745. The molecule has 0 bridgehead atoms. The number of piperidine rings is 1. The van der Waals surface area contributed by atoms with Crippen LogP contribution in [0.2, 0.25) is 5.02 Å². The fourth-order valence-corrected chi connectivity index (χ4v) is 5.07. The summed E-state index contributed by atoms with van der Waals surface area (Å²) in [5.41, 5.74) is 1.19. The lowest BCUT2D eigenvalue weighted by molar-refractivity contribution is -0.115. The molecule has 1 fully saturated rings. The molecule has 3 rings (SSSR count). The van der Waals surface area contributed by atoms with Crippen molar-refractivity contribution in [3.63, 3.8) is 0 Å². The molecular formula is C20H24ClN3O4S. The number of nitrogens with one attached hydrogen (secondary N) is 1. The molecule has 0 radical (unpaired) electrons. The van der Waals surface area contributed by atoms with Gasteiger partial charge in [-0.05, 0) is 43.5 Å². The van der Waals surface area contributed by atoms with Gasteiger partial charge in [0.2, 0.25) is 15.9 Å². The van der Waals surface area contributed by atoms with Crippen LogP contribution in [0.15, 0.2) is 41.6 Å². The van der Waals surface area contributed by atoms with E-state index in [4.69, 9.17) is 16.3 Å². The number of rotatable bonds is 6. The van der Waals surface area contributed by atoms with Crippen LogP contribution in [0.4, 0.5) is 5.69 Å². The SMILES string of the molecule is CCC(=O)Nc1ccc(S(=O)(=O)N2CCC(Oc3ccncc3Cl)CC2)c(C)c1. The molecule has 0 aliphatic carbocycles. The van der Waals surface area contributed by atoms with Crippen molar-refractivity contribution in [2.75, 3.05) is 18.4 Å². The Bertz CT molecular complexity index is 989. The third-order valence-electron chi connectivity index (χ3n) is 4.83. The van der Waals surface area contributed by atoms with Gasteiger partial charge in [0.25, 0.3) is 0 Å². The Morgan fingerprint density at radius 2 is 2.03 bits per heavy atom. The van der Waals surface area contributed by atoms with Crippen molar-refractivity contribution >= 4 is 33.2 Å². The number of anilines is 1. The van der Waals surface area contributed by atoms with Gasteiger partial charge in [-0.15, -0.1) is 0 Å². The van der Waals surface area contributed by atoms with Gasteiger partial charge in [0.1, 0.15) is 16.9 Å². The zero-order valence-corrected chi connectivity index (χ0v) is 18.0. The zero-order valence-electron chi connectivity index (χ0n) is 16.4. The van der Waals surface area contributed by atoms with Crippen LogP contribution in [0.5, 0.6) is 5.75 Å². The number of carbonyl (C=O) groups is 1. The number of carbonyl (C=O) groups excluding carboxylic acids is 1. The fraction of sp³-hybridized carbons (Fsp3) is 0.400. The van der Waals surface area contributed by atoms with Crippen molar-refractivity contribution in [3.05, 3.63) is 47.2 Å². The summed E-state index contributed by atoms with van der Waals surface area (Å²) < 4.78 is 33.6. The van der Waals surface area contributed by atoms with E-state index in [1.165, 1.54) is 10.5 Å². The monoisotopic (exact) mass is 437 g/mol. The summed E-state index contributed by atoms with van der Waals surface area (Å²) in [7, 11) is -3.62. The zero-order chi connectivity index (χ0) is 21.0. The van der Waals surface area contributed by atoms with Gasteiger partial charge in [-0.1, -0.05) is 18.5 Å². The van der Waals surface area contributed by atoms with Crippen LogP contribution in [0.25, 0.3) is 0 Å². The number of sulfonamides is 1. The van der Waals surface area contributed by atoms with Crippen LogP contribution >= 0.6 is 11.6 Å². The highest BCUT2D eigenvalue weighted by Gasteiger charge is 2.31. The van der Waals surface area contributed by atoms with E-state index in [0.29, 0.717) is 54.4 Å². The molecule has 1 aromatic carbocycles. The van der Waals surface area contributed by atoms with Gasteiger partial charge in [0.05, 0.1) is 4.90 Å². The van der Waals surface area contributed by atoms with Crippen LogP contribution in [0.3, 0.4) is 0 Å². The van der Waals surface area contributed by atoms with Crippen LogP contribution in [0, 0.1) is 6.92 Å². The van der Waals surface area contributed by atoms with Crippen molar-refractivity contribution in [2.45, 2.75) is 44.1 Å². The predicted molar refractivity (Wildman–Crippen MR) is 112 cm³/mol. The highest BCUT2D eigenvalue weighted by molar-refractivity contribution is 7.89. The largest absolute Gasteiger partial charge is 0.489 e. The number of hydrogen-bond donors (Lipinski definition) is 1. The second-order valence-electron chi connectivity index (χ2n) is 6.91. The van der Waals surface area contributed by atoms with Crippen molar-refractivity contribution < 1.29 is 17.9 Å². The van der Waals surface area contributed by atoms with E-state index in [1.54, 1.807) is 44.3 Å². The minimum atomic E-state index is -3.62. The summed E-state index contributed by atoms with van der Waals surface area (Å²) >= 11 is 6.08. The molecule has 0 unspecified atom stereocenters. The summed E-state index contributed by atoms with van der Waals surface area (Å²) in [5.74, 6) is 0.444. The molecule has 1 aliphatic rings. The van der Waals surface area contributed by atoms with Crippen molar-refractivity contribution in [1.82, 2.24) is 9.29 Å². The van der Waals surface area contributed by atoms with Crippen molar-refractivity contribution in [3.8, 4) is 5.75 Å². The minimum absolute atomic E-state index is 0.103. The Hall–Kier alpha value is -2.16. The summed E-state index contributed by atoms with van der Waals surface area (Å²) in [6.45, 7) is 4.22. The molecule has 2 aromatic rings. The highest BCUT2D eigenvalue weighted by Crippen LogP contribution is 2.29. The fourth-order valence-electron chi connectivity index (χ4n) is 3.23. The minimum Gasteiger partial charge on any atom is -0.489 e. The summed E-state index contributed by atoms with van der Waals surface area (Å²) in [6.07, 6.45) is 4.53. The normalized spacial score (nSPS) is 15.8. The molecule has 156 valence electrons. The van der Waals surface area contributed by atoms with Gasteiger partial charge in [-0.2, -0.15) is 4.31 Å². The first-order valence-electron chi connectivity index (χ1n) is 9.48. The topological polar surface area (TPSA) is 88.6 Å². The number of pyridine rings is 1. The summed E-state index contributed by atoms with van der Waals surface area (Å²) in [6, 6.07) is 6.56. The van der Waals surface area contributed by atoms with E-state index in [-0.39, 0.29) is 16.9 Å². The lowest BCUT2D eigenvalue weighted by atomic mass is 10.1. The first-order valence-corrected chi connectivity index (χ1v) is 11.3. The third-order valence-corrected chi connectivity index (χ3v) is 7.17. The summed E-state index contributed by atoms with van der Waals surface area (Å²) in [4.78, 5) is 15.7. The van der Waals surface area contributed by atoms with E-state index in [0.717, 1.165) is 0 Å². The number of aromatic nitrogens is 1. The smallest absolute Gasteiger partial charge is 0.243 e. The van der Waals surface area contributed by atoms with Gasteiger partial charge < -0.3 is 10.1 Å². The number of ether oxygens (including phenoxy) is 1. The van der Waals surface area contributed by atoms with E-state index < -0.39 is 10.0 Å². The lowest BCUT2D eigenvalue weighted by Crippen LogP contribution is -2.41. The number of hydrogen-bond acceptors (Lipinski definition) is 5. The molecule has 1 N–H and O–H groups in total. The van der Waals surface area contributed by atoms with Gasteiger partial charge >= 0.3 is 0 Å². The molecule has 29 heavy (non-hydrogen) atoms. The van der Waals surface area contributed by atoms with Crippen molar-refractivity contribution in [2.24, 2.45) is 0 Å². The predicted octanol–water partition coefficient (Wildman–Crippen LogP) is 3.62. The molecule has 9 heteroatoms. The molecule has 0 atom stereocenters. The number of benzene rings is 1. The number of aryl methyl sites for hydroxylation is 1. The van der Waals surface area contributed by atoms with Crippen molar-refractivity contribution in [1.29, 1.82) is 0 Å². The summed E-state index contributed by atoms with van der Waals surface area (Å²) in [5, 5.41) is 3.18. The van der Waals surface area contributed by atoms with Crippen LogP contribution in [-0.4, -0.2) is 42.8 Å². The molecule has 2 heterocycles. The molecule has 7 nitrogen and oxygen atoms in total. The lowest BCUT2D eigenvalue weighted by Gasteiger charge is -2.32. The van der Waals surface area contributed by atoms with E-state index in [9.17, 15) is 13.2 Å². The standard InChI is InChI=1S/C20H24ClN3O4S/c1-3-20(25)23-15-4-5-19(14(2)12-15)29(26,27)24-10-7-16(8-11-24)28-18-6-9-22-13-17(18)21/h4-6,9,12-13,16H,3,7-8,10-11H2,1-2H3,(H,23,25). The second kappa shape index (κ2) is 9.11. The Morgan fingerprint density at radius 3 is 2.66 bits per heavy atom. The Labute approximate surface area is 176 Å². The van der Waals surface area contributed by atoms with Crippen LogP contribution in [-0.2, 0) is 14.8 Å². The first kappa shape index (κ1) is 21.5. The third kappa shape index (κ3) is 5.07. The van der Waals surface area contributed by atoms with Gasteiger partial charge in [-0.3, -0.25) is 9.78 Å². The molecule has 0 spiro atoms. The number of nitrogens with zero attached hydrogens (tertiary/aromatic N) is 2. The maximum absolute atomic E-state index is 13.1. The van der Waals surface area contributed by atoms with Gasteiger partial charge in [0, 0.05) is 43.7 Å². The Kier molecular flexibility index (Phi) is 6.77. The van der Waals surface area contributed by atoms with Crippen LogP contribution < -0.4 is 10.1 Å². The number of halogens is 1. The van der Waals surface area contributed by atoms with Gasteiger partial charge in [0.15, 0.2) is 0 Å².